The SMILES string of the molecule is COc1cc(OCc2nnc(-c3ccccc3)s2)c2cc(-c3cn4nc(OC)sc4n3)oc2c1. The lowest BCUT2D eigenvalue weighted by molar-refractivity contribution is 0.306. The molecule has 0 radical (unpaired) electrons. The molecule has 0 spiro atoms. The molecule has 11 heteroatoms. The largest absolute Gasteiger partial charge is 0.496 e. The fraction of sp³-hybridized carbons (Fsp3) is 0.130. The molecule has 9 nitrogen and oxygen atoms in total. The van der Waals surface area contributed by atoms with Gasteiger partial charge in [-0.05, 0) is 17.4 Å². The maximum Gasteiger partial charge on any atom is 0.294 e. The monoisotopic (exact) mass is 491 g/mol. The van der Waals surface area contributed by atoms with E-state index in [9.17, 15) is 0 Å². The second-order valence-corrected chi connectivity index (χ2v) is 9.21. The molecule has 0 atom stereocenters. The van der Waals surface area contributed by atoms with Crippen LogP contribution < -0.4 is 14.2 Å². The van der Waals surface area contributed by atoms with Gasteiger partial charge < -0.3 is 18.6 Å². The van der Waals surface area contributed by atoms with Crippen molar-refractivity contribution in [2.24, 2.45) is 0 Å². The van der Waals surface area contributed by atoms with Gasteiger partial charge in [-0.25, -0.2) is 9.50 Å². The van der Waals surface area contributed by atoms with Crippen LogP contribution in [0.15, 0.2) is 59.1 Å². The van der Waals surface area contributed by atoms with Crippen molar-refractivity contribution in [3.05, 3.63) is 59.7 Å². The zero-order chi connectivity index (χ0) is 23.1. The first-order chi connectivity index (χ1) is 16.7. The number of nitrogens with zero attached hydrogens (tertiary/aromatic N) is 5. The Balaban J connectivity index is 1.30. The second-order valence-electron chi connectivity index (χ2n) is 7.23. The van der Waals surface area contributed by atoms with E-state index >= 15 is 0 Å². The van der Waals surface area contributed by atoms with Crippen molar-refractivity contribution in [1.29, 1.82) is 0 Å². The molecule has 6 rings (SSSR count). The number of ether oxygens (including phenoxy) is 3. The third-order valence-corrected chi connectivity index (χ3v) is 6.93. The molecule has 0 fully saturated rings. The fourth-order valence-corrected chi connectivity index (χ4v) is 4.94. The van der Waals surface area contributed by atoms with Gasteiger partial charge in [-0.15, -0.1) is 15.3 Å². The highest BCUT2D eigenvalue weighted by atomic mass is 32.1. The molecule has 4 heterocycles. The molecular weight excluding hydrogens is 474 g/mol. The van der Waals surface area contributed by atoms with E-state index in [2.05, 4.69) is 20.3 Å². The molecule has 6 aromatic rings. The van der Waals surface area contributed by atoms with Crippen LogP contribution in [0.4, 0.5) is 0 Å². The van der Waals surface area contributed by atoms with Gasteiger partial charge in [0.1, 0.15) is 34.4 Å². The summed E-state index contributed by atoms with van der Waals surface area (Å²) in [4.78, 5) is 5.32. The third-order valence-electron chi connectivity index (χ3n) is 5.10. The molecule has 0 aliphatic heterocycles. The average Bonchev–Trinajstić information content (AvgIpc) is 3.65. The van der Waals surface area contributed by atoms with Crippen LogP contribution in [0, 0.1) is 0 Å². The number of hydrogen-bond acceptors (Lipinski definition) is 10. The topological polar surface area (TPSA) is 96.8 Å². The summed E-state index contributed by atoms with van der Waals surface area (Å²) >= 11 is 2.85. The molecule has 34 heavy (non-hydrogen) atoms. The summed E-state index contributed by atoms with van der Waals surface area (Å²) in [5, 5.41) is 15.9. The predicted molar refractivity (Wildman–Crippen MR) is 129 cm³/mol. The molecule has 0 N–H and O–H groups in total. The van der Waals surface area contributed by atoms with Gasteiger partial charge in [-0.3, -0.25) is 0 Å². The molecule has 170 valence electrons. The zero-order valence-corrected chi connectivity index (χ0v) is 19.7. The first-order valence-electron chi connectivity index (χ1n) is 10.2. The van der Waals surface area contributed by atoms with Crippen molar-refractivity contribution in [3.8, 4) is 38.7 Å². The minimum absolute atomic E-state index is 0.275. The van der Waals surface area contributed by atoms with Crippen LogP contribution in [0.5, 0.6) is 16.7 Å². The van der Waals surface area contributed by atoms with E-state index in [1.807, 2.05) is 48.5 Å². The van der Waals surface area contributed by atoms with Crippen molar-refractivity contribution in [3.63, 3.8) is 0 Å². The van der Waals surface area contributed by atoms with Gasteiger partial charge >= 0.3 is 0 Å². The highest BCUT2D eigenvalue weighted by molar-refractivity contribution is 7.18. The highest BCUT2D eigenvalue weighted by Gasteiger charge is 2.17. The Morgan fingerprint density at radius 3 is 2.68 bits per heavy atom. The number of rotatable bonds is 7. The van der Waals surface area contributed by atoms with Crippen LogP contribution in [0.25, 0.3) is 38.0 Å². The van der Waals surface area contributed by atoms with Crippen molar-refractivity contribution < 1.29 is 18.6 Å². The second kappa shape index (κ2) is 8.43. The molecule has 0 saturated carbocycles. The molecule has 2 aromatic carbocycles. The Morgan fingerprint density at radius 2 is 1.88 bits per heavy atom. The van der Waals surface area contributed by atoms with Crippen molar-refractivity contribution in [1.82, 2.24) is 24.8 Å². The van der Waals surface area contributed by atoms with Crippen LogP contribution in [-0.4, -0.2) is 39.0 Å². The normalized spacial score (nSPS) is 11.4. The maximum absolute atomic E-state index is 6.14. The molecule has 0 aliphatic carbocycles. The Hall–Kier alpha value is -3.96. The summed E-state index contributed by atoms with van der Waals surface area (Å²) in [6, 6.07) is 15.5. The van der Waals surface area contributed by atoms with Crippen LogP contribution in [-0.2, 0) is 6.61 Å². The molecule has 0 aliphatic rings. The van der Waals surface area contributed by atoms with E-state index in [-0.39, 0.29) is 6.61 Å². The first kappa shape index (κ1) is 20.6. The lowest BCUT2D eigenvalue weighted by Gasteiger charge is -2.07. The zero-order valence-electron chi connectivity index (χ0n) is 18.1. The first-order valence-corrected chi connectivity index (χ1v) is 11.9. The van der Waals surface area contributed by atoms with Gasteiger partial charge in [0, 0.05) is 17.7 Å². The van der Waals surface area contributed by atoms with Gasteiger partial charge in [0.05, 0.1) is 25.8 Å². The van der Waals surface area contributed by atoms with Crippen molar-refractivity contribution >= 4 is 38.6 Å². The average molecular weight is 492 g/mol. The molecule has 0 amide bonds. The number of hydrogen-bond donors (Lipinski definition) is 0. The summed E-state index contributed by atoms with van der Waals surface area (Å²) in [6.07, 6.45) is 1.80. The Bertz CT molecular complexity index is 1570. The summed E-state index contributed by atoms with van der Waals surface area (Å²) in [5.74, 6) is 1.86. The standard InChI is InChI=1S/C23H17N5O4S2/c1-29-14-8-17(31-12-20-25-26-21(33-20)13-6-4-3-5-7-13)15-10-19(32-18(15)9-14)16-11-28-22(24-16)34-23(27-28)30-2/h3-11H,12H2,1-2H3. The number of aromatic nitrogens is 5. The number of imidazole rings is 1. The van der Waals surface area contributed by atoms with Crippen molar-refractivity contribution in [2.75, 3.05) is 14.2 Å². The van der Waals surface area contributed by atoms with Crippen molar-refractivity contribution in [2.45, 2.75) is 6.61 Å². The maximum atomic E-state index is 6.14. The minimum atomic E-state index is 0.275. The predicted octanol–water partition coefficient (Wildman–Crippen LogP) is 5.32. The van der Waals surface area contributed by atoms with E-state index in [0.29, 0.717) is 38.7 Å². The van der Waals surface area contributed by atoms with Gasteiger partial charge in [0.25, 0.3) is 5.19 Å². The smallest absolute Gasteiger partial charge is 0.294 e. The van der Waals surface area contributed by atoms with Gasteiger partial charge in [-0.1, -0.05) is 41.7 Å². The summed E-state index contributed by atoms with van der Waals surface area (Å²) in [5.41, 5.74) is 2.33. The summed E-state index contributed by atoms with van der Waals surface area (Å²) in [7, 11) is 3.19. The molecule has 0 saturated heterocycles. The van der Waals surface area contributed by atoms with E-state index in [4.69, 9.17) is 18.6 Å². The van der Waals surface area contributed by atoms with E-state index in [1.54, 1.807) is 24.9 Å². The highest BCUT2D eigenvalue weighted by Crippen LogP contribution is 2.38. The van der Waals surface area contributed by atoms with Crippen LogP contribution in [0.2, 0.25) is 0 Å². The molecule has 0 bridgehead atoms. The molecule has 0 unspecified atom stereocenters. The van der Waals surface area contributed by atoms with E-state index < -0.39 is 0 Å². The third kappa shape index (κ3) is 3.74. The quantitative estimate of drug-likeness (QED) is 0.296. The lowest BCUT2D eigenvalue weighted by Crippen LogP contribution is -1.96. The van der Waals surface area contributed by atoms with Gasteiger partial charge in [-0.2, -0.15) is 0 Å². The number of methoxy groups -OCH3 is 2. The van der Waals surface area contributed by atoms with E-state index in [0.717, 1.165) is 21.0 Å². The summed E-state index contributed by atoms with van der Waals surface area (Å²) < 4.78 is 24.5. The number of fused-ring (bicyclic) bond motifs is 2. The lowest BCUT2D eigenvalue weighted by atomic mass is 10.2. The van der Waals surface area contributed by atoms with Crippen LogP contribution in [0.1, 0.15) is 5.01 Å². The number of furan rings is 1. The number of benzene rings is 2. The van der Waals surface area contributed by atoms with Crippen LogP contribution in [0.3, 0.4) is 0 Å². The summed E-state index contributed by atoms with van der Waals surface area (Å²) in [6.45, 7) is 0.275. The Labute approximate surface area is 201 Å². The molecule has 4 aromatic heterocycles. The fourth-order valence-electron chi connectivity index (χ4n) is 3.48. The Morgan fingerprint density at radius 1 is 1.00 bits per heavy atom. The van der Waals surface area contributed by atoms with Gasteiger partial charge in [0.15, 0.2) is 10.8 Å². The minimum Gasteiger partial charge on any atom is -0.496 e. The Kier molecular flexibility index (Phi) is 5.12. The van der Waals surface area contributed by atoms with E-state index in [1.165, 1.54) is 22.7 Å². The van der Waals surface area contributed by atoms with Gasteiger partial charge in [0.2, 0.25) is 4.96 Å². The molecular formula is C23H17N5O4S2. The van der Waals surface area contributed by atoms with Crippen LogP contribution >= 0.6 is 22.7 Å².